The molecule has 1 aliphatic rings. The Morgan fingerprint density at radius 3 is 2.59 bits per heavy atom. The van der Waals surface area contributed by atoms with Crippen molar-refractivity contribution in [1.29, 1.82) is 0 Å². The minimum absolute atomic E-state index is 0.00417. The monoisotopic (exact) mass is 310 g/mol. The Kier molecular flexibility index (Phi) is 5.11. The molecule has 1 aliphatic heterocycles. The zero-order valence-electron chi connectivity index (χ0n) is 12.7. The van der Waals surface area contributed by atoms with E-state index in [2.05, 4.69) is 5.32 Å². The average molecular weight is 310 g/mol. The molecule has 1 saturated heterocycles. The van der Waals surface area contributed by atoms with E-state index in [1.165, 1.54) is 6.07 Å². The Morgan fingerprint density at radius 2 is 2.00 bits per heavy atom. The zero-order chi connectivity index (χ0) is 16.3. The van der Waals surface area contributed by atoms with Gasteiger partial charge in [0.25, 0.3) is 0 Å². The van der Waals surface area contributed by atoms with E-state index in [-0.39, 0.29) is 24.6 Å². The first kappa shape index (κ1) is 16.4. The van der Waals surface area contributed by atoms with Gasteiger partial charge in [-0.15, -0.1) is 0 Å². The molecule has 1 N–H and O–H groups in total. The molecule has 2 rings (SSSR count). The number of anilines is 1. The van der Waals surface area contributed by atoms with Crippen molar-refractivity contribution in [3.05, 3.63) is 29.8 Å². The summed E-state index contributed by atoms with van der Waals surface area (Å²) in [4.78, 5) is 25.1. The van der Waals surface area contributed by atoms with Crippen molar-refractivity contribution in [1.82, 2.24) is 5.32 Å². The zero-order valence-corrected chi connectivity index (χ0v) is 12.7. The molecule has 0 spiro atoms. The van der Waals surface area contributed by atoms with Crippen LogP contribution in [0.15, 0.2) is 18.2 Å². The molecule has 0 saturated carbocycles. The van der Waals surface area contributed by atoms with E-state index in [4.69, 9.17) is 0 Å². The molecule has 0 aromatic heterocycles. The molecule has 22 heavy (non-hydrogen) atoms. The van der Waals surface area contributed by atoms with Gasteiger partial charge in [0.2, 0.25) is 11.8 Å². The Hall–Kier alpha value is -1.98. The average Bonchev–Trinajstić information content (AvgIpc) is 2.80. The lowest BCUT2D eigenvalue weighted by atomic mass is 10.1. The fraction of sp³-hybridized carbons (Fsp3) is 0.500. The van der Waals surface area contributed by atoms with E-state index >= 15 is 0 Å². The van der Waals surface area contributed by atoms with E-state index in [9.17, 15) is 18.4 Å². The summed E-state index contributed by atoms with van der Waals surface area (Å²) in [7, 11) is 0. The molecule has 1 aromatic carbocycles. The molecule has 0 radical (unpaired) electrons. The van der Waals surface area contributed by atoms with Crippen molar-refractivity contribution in [3.63, 3.8) is 0 Å². The Morgan fingerprint density at radius 1 is 1.36 bits per heavy atom. The number of rotatable bonds is 5. The van der Waals surface area contributed by atoms with Crippen LogP contribution in [-0.2, 0) is 9.59 Å². The third-order valence-electron chi connectivity index (χ3n) is 3.72. The van der Waals surface area contributed by atoms with Gasteiger partial charge in [-0.1, -0.05) is 19.9 Å². The number of para-hydroxylation sites is 1. The van der Waals surface area contributed by atoms with Crippen LogP contribution in [0, 0.1) is 23.5 Å². The Labute approximate surface area is 128 Å². The lowest BCUT2D eigenvalue weighted by molar-refractivity contribution is -0.126. The summed E-state index contributed by atoms with van der Waals surface area (Å²) in [6.45, 7) is 4.64. The van der Waals surface area contributed by atoms with Gasteiger partial charge in [-0.2, -0.15) is 0 Å². The second-order valence-electron chi connectivity index (χ2n) is 5.95. The SMILES string of the molecule is CC(C)CCNC(=O)C1CC(=O)N(c2c(F)cccc2F)C1. The minimum atomic E-state index is -0.797. The summed E-state index contributed by atoms with van der Waals surface area (Å²) in [6, 6.07) is 3.44. The lowest BCUT2D eigenvalue weighted by Crippen LogP contribution is -2.34. The first-order chi connectivity index (χ1) is 10.4. The summed E-state index contributed by atoms with van der Waals surface area (Å²) < 4.78 is 27.5. The number of nitrogens with one attached hydrogen (secondary N) is 1. The van der Waals surface area contributed by atoms with Crippen LogP contribution in [0.1, 0.15) is 26.7 Å². The third kappa shape index (κ3) is 3.61. The molecular formula is C16H20F2N2O2. The maximum Gasteiger partial charge on any atom is 0.228 e. The first-order valence-electron chi connectivity index (χ1n) is 7.42. The minimum Gasteiger partial charge on any atom is -0.356 e. The molecule has 2 amide bonds. The van der Waals surface area contributed by atoms with Crippen LogP contribution in [0.4, 0.5) is 14.5 Å². The number of hydrogen-bond donors (Lipinski definition) is 1. The highest BCUT2D eigenvalue weighted by Crippen LogP contribution is 2.29. The van der Waals surface area contributed by atoms with Gasteiger partial charge in [0.1, 0.15) is 17.3 Å². The van der Waals surface area contributed by atoms with Gasteiger partial charge in [-0.25, -0.2) is 8.78 Å². The molecular weight excluding hydrogens is 290 g/mol. The fourth-order valence-electron chi connectivity index (χ4n) is 2.47. The topological polar surface area (TPSA) is 49.4 Å². The second kappa shape index (κ2) is 6.85. The number of halogens is 2. The number of carbonyl (C=O) groups is 2. The van der Waals surface area contributed by atoms with Crippen molar-refractivity contribution in [2.45, 2.75) is 26.7 Å². The number of nitrogens with zero attached hydrogens (tertiary/aromatic N) is 1. The smallest absolute Gasteiger partial charge is 0.228 e. The van der Waals surface area contributed by atoms with Crippen molar-refractivity contribution in [2.24, 2.45) is 11.8 Å². The van der Waals surface area contributed by atoms with Crippen LogP contribution in [-0.4, -0.2) is 24.9 Å². The Balaban J connectivity index is 2.03. The summed E-state index contributed by atoms with van der Waals surface area (Å²) in [5.41, 5.74) is -0.370. The van der Waals surface area contributed by atoms with Gasteiger partial charge in [0, 0.05) is 19.5 Å². The van der Waals surface area contributed by atoms with E-state index in [0.29, 0.717) is 12.5 Å². The van der Waals surface area contributed by atoms with Crippen LogP contribution in [0.2, 0.25) is 0 Å². The quantitative estimate of drug-likeness (QED) is 0.908. The summed E-state index contributed by atoms with van der Waals surface area (Å²) in [5, 5.41) is 2.77. The van der Waals surface area contributed by atoms with Crippen LogP contribution in [0.5, 0.6) is 0 Å². The lowest BCUT2D eigenvalue weighted by Gasteiger charge is -2.18. The van der Waals surface area contributed by atoms with E-state index in [1.807, 2.05) is 13.8 Å². The maximum absolute atomic E-state index is 13.8. The highest BCUT2D eigenvalue weighted by molar-refractivity contribution is 6.00. The van der Waals surface area contributed by atoms with Crippen LogP contribution < -0.4 is 10.2 Å². The third-order valence-corrected chi connectivity index (χ3v) is 3.72. The van der Waals surface area contributed by atoms with Gasteiger partial charge >= 0.3 is 0 Å². The van der Waals surface area contributed by atoms with E-state index < -0.39 is 23.5 Å². The van der Waals surface area contributed by atoms with Crippen LogP contribution >= 0.6 is 0 Å². The summed E-state index contributed by atoms with van der Waals surface area (Å²) in [5.74, 6) is -2.38. The highest BCUT2D eigenvalue weighted by atomic mass is 19.1. The standard InChI is InChI=1S/C16H20F2N2O2/c1-10(2)6-7-19-16(22)11-8-14(21)20(9-11)15-12(17)4-3-5-13(15)18/h3-5,10-11H,6-9H2,1-2H3,(H,19,22). The number of carbonyl (C=O) groups excluding carboxylic acids is 2. The number of hydrogen-bond acceptors (Lipinski definition) is 2. The second-order valence-corrected chi connectivity index (χ2v) is 5.95. The molecule has 1 aromatic rings. The van der Waals surface area contributed by atoms with E-state index in [1.54, 1.807) is 0 Å². The predicted octanol–water partition coefficient (Wildman–Crippen LogP) is 2.48. The van der Waals surface area contributed by atoms with Crippen molar-refractivity contribution < 1.29 is 18.4 Å². The number of benzene rings is 1. The Bertz CT molecular complexity index is 555. The number of amides is 2. The molecule has 0 bridgehead atoms. The van der Waals surface area contributed by atoms with Crippen molar-refractivity contribution >= 4 is 17.5 Å². The van der Waals surface area contributed by atoms with Gasteiger partial charge in [-0.05, 0) is 24.5 Å². The molecule has 6 heteroatoms. The first-order valence-corrected chi connectivity index (χ1v) is 7.42. The molecule has 1 heterocycles. The maximum atomic E-state index is 13.8. The fourth-order valence-corrected chi connectivity index (χ4v) is 2.47. The van der Waals surface area contributed by atoms with Gasteiger partial charge in [0.15, 0.2) is 0 Å². The van der Waals surface area contributed by atoms with Gasteiger partial charge in [-0.3, -0.25) is 9.59 Å². The van der Waals surface area contributed by atoms with Gasteiger partial charge in [0.05, 0.1) is 5.92 Å². The normalized spacial score (nSPS) is 18.1. The molecule has 1 atom stereocenters. The molecule has 4 nitrogen and oxygen atoms in total. The highest BCUT2D eigenvalue weighted by Gasteiger charge is 2.37. The molecule has 0 aliphatic carbocycles. The van der Waals surface area contributed by atoms with Crippen molar-refractivity contribution in [3.8, 4) is 0 Å². The van der Waals surface area contributed by atoms with Crippen LogP contribution in [0.25, 0.3) is 0 Å². The summed E-state index contributed by atoms with van der Waals surface area (Å²) in [6.07, 6.45) is 0.819. The molecule has 1 unspecified atom stereocenters. The molecule has 120 valence electrons. The largest absolute Gasteiger partial charge is 0.356 e. The van der Waals surface area contributed by atoms with Gasteiger partial charge < -0.3 is 10.2 Å². The van der Waals surface area contributed by atoms with Crippen molar-refractivity contribution in [2.75, 3.05) is 18.0 Å². The predicted molar refractivity (Wildman–Crippen MR) is 79.3 cm³/mol. The summed E-state index contributed by atoms with van der Waals surface area (Å²) >= 11 is 0. The van der Waals surface area contributed by atoms with E-state index in [0.717, 1.165) is 23.5 Å². The molecule has 1 fully saturated rings. The van der Waals surface area contributed by atoms with Crippen LogP contribution in [0.3, 0.4) is 0 Å².